The Morgan fingerprint density at radius 1 is 1.38 bits per heavy atom. The van der Waals surface area contributed by atoms with E-state index in [1.165, 1.54) is 10.6 Å². The highest BCUT2D eigenvalue weighted by Gasteiger charge is 2.26. The smallest absolute Gasteiger partial charge is 0.336 e. The van der Waals surface area contributed by atoms with E-state index in [1.807, 2.05) is 0 Å². The van der Waals surface area contributed by atoms with Crippen LogP contribution in [0.15, 0.2) is 29.4 Å². The molecule has 0 N–H and O–H groups in total. The molecule has 72 valence electrons. The van der Waals surface area contributed by atoms with E-state index >= 15 is 0 Å². The monoisotopic (exact) mass is 190 g/mol. The van der Waals surface area contributed by atoms with E-state index in [9.17, 15) is 13.2 Å². The zero-order valence-electron chi connectivity index (χ0n) is 7.04. The SMILES string of the molecule is Cn1ccccc1=NCC(F)(F)F. The van der Waals surface area contributed by atoms with Crippen LogP contribution in [0.3, 0.4) is 0 Å². The molecular formula is C8H9F3N2. The maximum atomic E-state index is 11.8. The van der Waals surface area contributed by atoms with Gasteiger partial charge in [-0.2, -0.15) is 13.2 Å². The highest BCUT2D eigenvalue weighted by Crippen LogP contribution is 2.13. The maximum absolute atomic E-state index is 11.8. The Hall–Kier alpha value is -1.26. The van der Waals surface area contributed by atoms with Crippen molar-refractivity contribution in [2.45, 2.75) is 6.18 Å². The summed E-state index contributed by atoms with van der Waals surface area (Å²) in [5, 5.41) is 0. The standard InChI is InChI=1S/C8H9F3N2/c1-13-5-3-2-4-7(13)12-6-8(9,10)11/h2-5H,6H2,1H3. The van der Waals surface area contributed by atoms with Crippen molar-refractivity contribution in [3.05, 3.63) is 29.9 Å². The van der Waals surface area contributed by atoms with Crippen LogP contribution in [0.5, 0.6) is 0 Å². The number of halogens is 3. The average molecular weight is 190 g/mol. The highest BCUT2D eigenvalue weighted by molar-refractivity contribution is 4.91. The van der Waals surface area contributed by atoms with Gasteiger partial charge in [-0.1, -0.05) is 6.07 Å². The zero-order valence-corrected chi connectivity index (χ0v) is 7.04. The fourth-order valence-electron chi connectivity index (χ4n) is 0.849. The molecule has 0 saturated carbocycles. The van der Waals surface area contributed by atoms with E-state index in [0.29, 0.717) is 5.49 Å². The van der Waals surface area contributed by atoms with Gasteiger partial charge < -0.3 is 4.57 Å². The van der Waals surface area contributed by atoms with Gasteiger partial charge in [0, 0.05) is 13.2 Å². The normalized spacial score (nSPS) is 13.4. The minimum atomic E-state index is -4.23. The molecule has 0 spiro atoms. The third-order valence-electron chi connectivity index (χ3n) is 1.45. The summed E-state index contributed by atoms with van der Waals surface area (Å²) >= 11 is 0. The summed E-state index contributed by atoms with van der Waals surface area (Å²) in [6, 6.07) is 4.91. The maximum Gasteiger partial charge on any atom is 0.408 e. The first-order valence-corrected chi connectivity index (χ1v) is 3.68. The third kappa shape index (κ3) is 3.31. The summed E-state index contributed by atoms with van der Waals surface area (Å²) in [6.07, 6.45) is -2.59. The Labute approximate surface area is 73.3 Å². The zero-order chi connectivity index (χ0) is 9.90. The molecule has 0 bridgehead atoms. The Morgan fingerprint density at radius 2 is 2.08 bits per heavy atom. The molecule has 2 nitrogen and oxygen atoms in total. The van der Waals surface area contributed by atoms with Crippen LogP contribution in [0.2, 0.25) is 0 Å². The van der Waals surface area contributed by atoms with Crippen LogP contribution in [0.25, 0.3) is 0 Å². The molecule has 0 fully saturated rings. The molecule has 0 amide bonds. The molecule has 1 heterocycles. The van der Waals surface area contributed by atoms with Crippen LogP contribution in [-0.2, 0) is 7.05 Å². The second kappa shape index (κ2) is 3.64. The summed E-state index contributed by atoms with van der Waals surface area (Å²) in [6.45, 7) is -1.13. The first-order valence-electron chi connectivity index (χ1n) is 3.68. The lowest BCUT2D eigenvalue weighted by molar-refractivity contribution is -0.118. The molecule has 0 atom stereocenters. The number of aromatic nitrogens is 1. The fraction of sp³-hybridized carbons (Fsp3) is 0.375. The number of aryl methyl sites for hydroxylation is 1. The van der Waals surface area contributed by atoms with Gasteiger partial charge in [0.25, 0.3) is 0 Å². The molecule has 0 unspecified atom stereocenters. The number of hydrogen-bond acceptors (Lipinski definition) is 1. The van der Waals surface area contributed by atoms with Gasteiger partial charge in [-0.15, -0.1) is 0 Å². The summed E-state index contributed by atoms with van der Waals surface area (Å²) in [7, 11) is 1.65. The second-order valence-corrected chi connectivity index (χ2v) is 2.60. The topological polar surface area (TPSA) is 17.3 Å². The minimum Gasteiger partial charge on any atom is -0.336 e. The van der Waals surface area contributed by atoms with Gasteiger partial charge in [-0.3, -0.25) is 4.99 Å². The third-order valence-corrected chi connectivity index (χ3v) is 1.45. The molecule has 1 aromatic heterocycles. The van der Waals surface area contributed by atoms with Gasteiger partial charge in [0.2, 0.25) is 0 Å². The van der Waals surface area contributed by atoms with Crippen molar-refractivity contribution in [3.63, 3.8) is 0 Å². The lowest BCUT2D eigenvalue weighted by Gasteiger charge is -2.02. The summed E-state index contributed by atoms with van der Waals surface area (Å²) in [5.41, 5.74) is 0.319. The highest BCUT2D eigenvalue weighted by atomic mass is 19.4. The molecule has 13 heavy (non-hydrogen) atoms. The van der Waals surface area contributed by atoms with Crippen molar-refractivity contribution >= 4 is 0 Å². The lowest BCUT2D eigenvalue weighted by atomic mass is 10.5. The molecule has 1 aromatic rings. The van der Waals surface area contributed by atoms with E-state index in [0.717, 1.165) is 0 Å². The molecular weight excluding hydrogens is 181 g/mol. The van der Waals surface area contributed by atoms with Crippen LogP contribution in [-0.4, -0.2) is 17.3 Å². The summed E-state index contributed by atoms with van der Waals surface area (Å²) in [5.74, 6) is 0. The van der Waals surface area contributed by atoms with Gasteiger partial charge >= 0.3 is 6.18 Å². The first-order chi connectivity index (χ1) is 5.99. The Kier molecular flexibility index (Phi) is 2.75. The van der Waals surface area contributed by atoms with E-state index in [-0.39, 0.29) is 0 Å². The van der Waals surface area contributed by atoms with Crippen molar-refractivity contribution in [2.24, 2.45) is 12.0 Å². The molecule has 1 rings (SSSR count). The Bertz CT molecular complexity index is 338. The van der Waals surface area contributed by atoms with E-state index in [4.69, 9.17) is 0 Å². The van der Waals surface area contributed by atoms with Gasteiger partial charge in [0.1, 0.15) is 12.0 Å². The van der Waals surface area contributed by atoms with E-state index in [2.05, 4.69) is 4.99 Å². The fourth-order valence-corrected chi connectivity index (χ4v) is 0.849. The van der Waals surface area contributed by atoms with Crippen molar-refractivity contribution in [1.82, 2.24) is 4.57 Å². The van der Waals surface area contributed by atoms with Gasteiger partial charge in [-0.05, 0) is 12.1 Å². The van der Waals surface area contributed by atoms with Crippen LogP contribution >= 0.6 is 0 Å². The van der Waals surface area contributed by atoms with Crippen molar-refractivity contribution in [3.8, 4) is 0 Å². The number of hydrogen-bond donors (Lipinski definition) is 0. The average Bonchev–Trinajstić information content (AvgIpc) is 2.01. The largest absolute Gasteiger partial charge is 0.408 e. The molecule has 5 heteroatoms. The van der Waals surface area contributed by atoms with Crippen LogP contribution < -0.4 is 5.49 Å². The van der Waals surface area contributed by atoms with Crippen LogP contribution in [0.1, 0.15) is 0 Å². The summed E-state index contributed by atoms with van der Waals surface area (Å²) in [4.78, 5) is 3.42. The number of nitrogens with zero attached hydrogens (tertiary/aromatic N) is 2. The van der Waals surface area contributed by atoms with Crippen molar-refractivity contribution < 1.29 is 13.2 Å². The van der Waals surface area contributed by atoms with Crippen molar-refractivity contribution in [1.29, 1.82) is 0 Å². The van der Waals surface area contributed by atoms with E-state index in [1.54, 1.807) is 25.4 Å². The Balaban J connectivity index is 2.89. The number of pyridine rings is 1. The second-order valence-electron chi connectivity index (χ2n) is 2.60. The molecule has 0 aliphatic rings. The Morgan fingerprint density at radius 3 is 2.62 bits per heavy atom. The van der Waals surface area contributed by atoms with Crippen molar-refractivity contribution in [2.75, 3.05) is 6.54 Å². The lowest BCUT2D eigenvalue weighted by Crippen LogP contribution is -2.21. The molecule has 0 radical (unpaired) electrons. The first kappa shape index (κ1) is 9.83. The minimum absolute atomic E-state index is 0.319. The molecule has 0 aromatic carbocycles. The quantitative estimate of drug-likeness (QED) is 0.638. The molecule has 0 aliphatic heterocycles. The van der Waals surface area contributed by atoms with Crippen LogP contribution in [0, 0.1) is 0 Å². The number of rotatable bonds is 1. The molecule has 0 aliphatic carbocycles. The van der Waals surface area contributed by atoms with E-state index < -0.39 is 12.7 Å². The number of alkyl halides is 3. The predicted octanol–water partition coefficient (Wildman–Crippen LogP) is 1.49. The van der Waals surface area contributed by atoms with Crippen LogP contribution in [0.4, 0.5) is 13.2 Å². The van der Waals surface area contributed by atoms with Gasteiger partial charge in [0.15, 0.2) is 0 Å². The molecule has 0 saturated heterocycles. The van der Waals surface area contributed by atoms with Gasteiger partial charge in [-0.25, -0.2) is 0 Å². The van der Waals surface area contributed by atoms with Gasteiger partial charge in [0.05, 0.1) is 0 Å². The predicted molar refractivity (Wildman–Crippen MR) is 41.9 cm³/mol. The summed E-state index contributed by atoms with van der Waals surface area (Å²) < 4.78 is 36.8.